The van der Waals surface area contributed by atoms with Crippen LogP contribution in [0.25, 0.3) is 0 Å². The Balaban J connectivity index is 0.00000441. The lowest BCUT2D eigenvalue weighted by Crippen LogP contribution is -2.44. The lowest BCUT2D eigenvalue weighted by molar-refractivity contribution is -0.275. The Morgan fingerprint density at radius 3 is 2.36 bits per heavy atom. The molecule has 2 N–H and O–H groups in total. The molecule has 1 rings (SSSR count). The molecule has 126 valence electrons. The third-order valence-corrected chi connectivity index (χ3v) is 2.99. The van der Waals surface area contributed by atoms with Gasteiger partial charge in [-0.2, -0.15) is 0 Å². The van der Waals surface area contributed by atoms with E-state index in [-0.39, 0.29) is 42.1 Å². The fraction of sp³-hybridized carbons (Fsp3) is 0.500. The molecule has 0 spiro atoms. The Bertz CT molecular complexity index is 495. The van der Waals surface area contributed by atoms with Crippen LogP contribution in [0.15, 0.2) is 24.3 Å². The molecule has 0 aliphatic carbocycles. The summed E-state index contributed by atoms with van der Waals surface area (Å²) in [5.74, 6) is -0.698. The fourth-order valence-corrected chi connectivity index (χ4v) is 1.73. The van der Waals surface area contributed by atoms with Crippen molar-refractivity contribution in [2.24, 2.45) is 11.7 Å². The van der Waals surface area contributed by atoms with Gasteiger partial charge in [-0.1, -0.05) is 32.0 Å². The largest absolute Gasteiger partial charge is 0.573 e. The molecule has 0 aliphatic rings. The summed E-state index contributed by atoms with van der Waals surface area (Å²) < 4.78 is 40.9. The van der Waals surface area contributed by atoms with E-state index < -0.39 is 12.4 Å². The van der Waals surface area contributed by atoms with E-state index >= 15 is 0 Å². The van der Waals surface area contributed by atoms with E-state index in [0.717, 1.165) is 0 Å². The topological polar surface area (TPSA) is 55.6 Å². The summed E-state index contributed by atoms with van der Waals surface area (Å²) >= 11 is 0. The van der Waals surface area contributed by atoms with Gasteiger partial charge in [-0.3, -0.25) is 4.79 Å². The number of rotatable bonds is 5. The number of hydrogen-bond donors (Lipinski definition) is 1. The maximum absolute atomic E-state index is 12.3. The van der Waals surface area contributed by atoms with Crippen LogP contribution in [-0.4, -0.2) is 30.3 Å². The summed E-state index contributed by atoms with van der Waals surface area (Å²) in [7, 11) is 1.49. The molecular formula is C14H20ClF3N2O2. The monoisotopic (exact) mass is 340 g/mol. The number of halogens is 4. The minimum absolute atomic E-state index is 0. The van der Waals surface area contributed by atoms with E-state index in [1.165, 1.54) is 30.1 Å². The minimum atomic E-state index is -4.77. The lowest BCUT2D eigenvalue weighted by atomic mass is 10.0. The molecule has 0 aliphatic heterocycles. The molecule has 0 radical (unpaired) electrons. The van der Waals surface area contributed by atoms with Gasteiger partial charge in [0.25, 0.3) is 0 Å². The van der Waals surface area contributed by atoms with Gasteiger partial charge in [0.2, 0.25) is 5.91 Å². The van der Waals surface area contributed by atoms with Gasteiger partial charge in [-0.25, -0.2) is 0 Å². The first-order chi connectivity index (χ1) is 9.61. The van der Waals surface area contributed by atoms with E-state index in [2.05, 4.69) is 4.74 Å². The predicted octanol–water partition coefficient (Wildman–Crippen LogP) is 2.95. The van der Waals surface area contributed by atoms with Gasteiger partial charge in [0.05, 0.1) is 6.04 Å². The molecule has 1 amide bonds. The minimum Gasteiger partial charge on any atom is -0.405 e. The second-order valence-electron chi connectivity index (χ2n) is 5.12. The fourth-order valence-electron chi connectivity index (χ4n) is 1.73. The number of amides is 1. The van der Waals surface area contributed by atoms with Crippen molar-refractivity contribution < 1.29 is 22.7 Å². The molecule has 0 aromatic heterocycles. The number of benzene rings is 1. The first-order valence-electron chi connectivity index (χ1n) is 6.46. The van der Waals surface area contributed by atoms with Crippen LogP contribution in [0.5, 0.6) is 5.75 Å². The molecule has 0 saturated heterocycles. The van der Waals surface area contributed by atoms with Crippen molar-refractivity contribution >= 4 is 18.3 Å². The number of para-hydroxylation sites is 1. The summed E-state index contributed by atoms with van der Waals surface area (Å²) in [4.78, 5) is 13.3. The van der Waals surface area contributed by atoms with Crippen LogP contribution in [0, 0.1) is 5.92 Å². The number of hydrogen-bond acceptors (Lipinski definition) is 3. The van der Waals surface area contributed by atoms with Crippen molar-refractivity contribution in [2.45, 2.75) is 32.8 Å². The van der Waals surface area contributed by atoms with Crippen molar-refractivity contribution in [3.8, 4) is 5.75 Å². The Morgan fingerprint density at radius 2 is 1.86 bits per heavy atom. The van der Waals surface area contributed by atoms with Gasteiger partial charge in [0.1, 0.15) is 5.75 Å². The summed E-state index contributed by atoms with van der Waals surface area (Å²) in [5.41, 5.74) is 6.02. The first-order valence-corrected chi connectivity index (χ1v) is 6.46. The number of ether oxygens (including phenoxy) is 1. The SMILES string of the molecule is CC(C)[C@H](N)C(=O)N(C)Cc1ccccc1OC(F)(F)F.Cl. The molecule has 0 saturated carbocycles. The quantitative estimate of drug-likeness (QED) is 0.896. The molecule has 0 bridgehead atoms. The number of carbonyl (C=O) groups is 1. The predicted molar refractivity (Wildman–Crippen MR) is 79.7 cm³/mol. The maximum atomic E-state index is 12.3. The Labute approximate surface area is 133 Å². The molecule has 1 aromatic rings. The molecule has 8 heteroatoms. The van der Waals surface area contributed by atoms with Crippen LogP contribution in [0.3, 0.4) is 0 Å². The van der Waals surface area contributed by atoms with E-state index in [0.29, 0.717) is 0 Å². The lowest BCUT2D eigenvalue weighted by Gasteiger charge is -2.24. The van der Waals surface area contributed by atoms with Crippen molar-refractivity contribution in [3.63, 3.8) is 0 Å². The summed E-state index contributed by atoms with van der Waals surface area (Å²) in [6, 6.07) is 5.02. The van der Waals surface area contributed by atoms with Crippen LogP contribution >= 0.6 is 12.4 Å². The summed E-state index contributed by atoms with van der Waals surface area (Å²) in [5, 5.41) is 0. The van der Waals surface area contributed by atoms with Crippen molar-refractivity contribution in [2.75, 3.05) is 7.05 Å². The zero-order valence-corrected chi connectivity index (χ0v) is 13.4. The van der Waals surface area contributed by atoms with Crippen molar-refractivity contribution in [1.29, 1.82) is 0 Å². The van der Waals surface area contributed by atoms with Crippen molar-refractivity contribution in [3.05, 3.63) is 29.8 Å². The Morgan fingerprint density at radius 1 is 1.32 bits per heavy atom. The average molecular weight is 341 g/mol. The maximum Gasteiger partial charge on any atom is 0.573 e. The van der Waals surface area contributed by atoms with Crippen LogP contribution in [0.2, 0.25) is 0 Å². The third kappa shape index (κ3) is 6.11. The number of carbonyl (C=O) groups excluding carboxylic acids is 1. The van der Waals surface area contributed by atoms with Gasteiger partial charge in [-0.05, 0) is 12.0 Å². The zero-order chi connectivity index (χ0) is 16.2. The number of alkyl halides is 3. The van der Waals surface area contributed by atoms with Crippen LogP contribution < -0.4 is 10.5 Å². The van der Waals surface area contributed by atoms with Gasteiger partial charge in [0.15, 0.2) is 0 Å². The Hall–Kier alpha value is -1.47. The van der Waals surface area contributed by atoms with Crippen LogP contribution in [0.1, 0.15) is 19.4 Å². The van der Waals surface area contributed by atoms with E-state index in [1.807, 2.05) is 0 Å². The van der Waals surface area contributed by atoms with Crippen LogP contribution in [0.4, 0.5) is 13.2 Å². The third-order valence-electron chi connectivity index (χ3n) is 2.99. The molecule has 0 fully saturated rings. The average Bonchev–Trinajstić information content (AvgIpc) is 2.37. The Kier molecular flexibility index (Phi) is 7.69. The summed E-state index contributed by atoms with van der Waals surface area (Å²) in [6.07, 6.45) is -4.77. The second-order valence-corrected chi connectivity index (χ2v) is 5.12. The van der Waals surface area contributed by atoms with E-state index in [1.54, 1.807) is 19.9 Å². The number of nitrogens with two attached hydrogens (primary N) is 1. The highest BCUT2D eigenvalue weighted by Crippen LogP contribution is 2.27. The normalized spacial score (nSPS) is 12.5. The van der Waals surface area contributed by atoms with E-state index in [9.17, 15) is 18.0 Å². The summed E-state index contributed by atoms with van der Waals surface area (Å²) in [6.45, 7) is 3.60. The molecule has 0 unspecified atom stereocenters. The highest BCUT2D eigenvalue weighted by atomic mass is 35.5. The molecule has 4 nitrogen and oxygen atoms in total. The molecular weight excluding hydrogens is 321 g/mol. The van der Waals surface area contributed by atoms with E-state index in [4.69, 9.17) is 5.73 Å². The first kappa shape index (κ1) is 20.5. The smallest absolute Gasteiger partial charge is 0.405 e. The number of nitrogens with zero attached hydrogens (tertiary/aromatic N) is 1. The van der Waals surface area contributed by atoms with Crippen LogP contribution in [-0.2, 0) is 11.3 Å². The highest BCUT2D eigenvalue weighted by Gasteiger charge is 2.32. The molecule has 22 heavy (non-hydrogen) atoms. The molecule has 1 atom stereocenters. The molecule has 0 heterocycles. The van der Waals surface area contributed by atoms with Gasteiger partial charge in [0, 0.05) is 19.2 Å². The van der Waals surface area contributed by atoms with Gasteiger partial charge in [-0.15, -0.1) is 25.6 Å². The second kappa shape index (κ2) is 8.24. The molecule has 1 aromatic carbocycles. The zero-order valence-electron chi connectivity index (χ0n) is 12.6. The van der Waals surface area contributed by atoms with Gasteiger partial charge < -0.3 is 15.4 Å². The van der Waals surface area contributed by atoms with Crippen molar-refractivity contribution in [1.82, 2.24) is 4.90 Å². The van der Waals surface area contributed by atoms with Gasteiger partial charge >= 0.3 is 6.36 Å². The number of likely N-dealkylation sites (N-methyl/N-ethyl adjacent to an activating group) is 1. The highest BCUT2D eigenvalue weighted by molar-refractivity contribution is 5.85. The standard InChI is InChI=1S/C14H19F3N2O2.ClH/c1-9(2)12(18)13(20)19(3)8-10-6-4-5-7-11(10)21-14(15,16)17;/h4-7,9,12H,8,18H2,1-3H3;1H/t12-;/m0./s1.